The Morgan fingerprint density at radius 2 is 2.18 bits per heavy atom. The Morgan fingerprint density at radius 1 is 1.42 bits per heavy atom. The highest BCUT2D eigenvalue weighted by Crippen LogP contribution is 2.59. The standard InChI is InChI=1S/C18H27FN5O6PS2/c1-17(2,3)33-32-7-6-27-31(25)28-8-10-12(30-31)18(4,19)15(29-10)24-9-21-11-13(24)22-16(20)23-14(11)26-5/h9-10,12,15H,6-8H2,1-5H3,(H2,20,22,23)/t10-,12-,15-,18-,31-/m1/s1. The molecule has 2 aromatic heterocycles. The molecule has 11 nitrogen and oxygen atoms in total. The first kappa shape index (κ1) is 25.0. The molecule has 0 bridgehead atoms. The van der Waals surface area contributed by atoms with E-state index in [1.54, 1.807) is 21.6 Å². The maximum Gasteiger partial charge on any atom is 0.475 e. The number of rotatable bonds is 7. The molecule has 2 aliphatic heterocycles. The number of aromatic nitrogens is 4. The van der Waals surface area contributed by atoms with Crippen molar-refractivity contribution < 1.29 is 32.0 Å². The molecule has 0 spiro atoms. The fraction of sp³-hybridized carbons (Fsp3) is 0.722. The summed E-state index contributed by atoms with van der Waals surface area (Å²) in [7, 11) is 0.745. The lowest BCUT2D eigenvalue weighted by molar-refractivity contribution is -0.0701. The van der Waals surface area contributed by atoms with Gasteiger partial charge in [-0.05, 0) is 6.92 Å². The predicted octanol–water partition coefficient (Wildman–Crippen LogP) is 3.76. The van der Waals surface area contributed by atoms with E-state index in [1.807, 2.05) is 0 Å². The Bertz CT molecular complexity index is 1070. The number of anilines is 1. The average Bonchev–Trinajstić information content (AvgIpc) is 3.24. The van der Waals surface area contributed by atoms with Gasteiger partial charge >= 0.3 is 7.82 Å². The second-order valence-corrected chi connectivity index (χ2v) is 13.6. The van der Waals surface area contributed by atoms with E-state index in [9.17, 15) is 4.57 Å². The molecule has 0 saturated carbocycles. The van der Waals surface area contributed by atoms with E-state index in [0.717, 1.165) is 0 Å². The van der Waals surface area contributed by atoms with Crippen LogP contribution >= 0.6 is 29.4 Å². The number of methoxy groups -OCH3 is 1. The molecular weight excluding hydrogens is 496 g/mol. The first-order chi connectivity index (χ1) is 15.4. The van der Waals surface area contributed by atoms with Crippen LogP contribution in [0.1, 0.15) is 33.9 Å². The third-order valence-electron chi connectivity index (χ3n) is 4.90. The molecule has 2 aromatic rings. The van der Waals surface area contributed by atoms with Crippen molar-refractivity contribution in [3.05, 3.63) is 6.33 Å². The zero-order chi connectivity index (χ0) is 24.0. The molecule has 5 atom stereocenters. The van der Waals surface area contributed by atoms with Gasteiger partial charge in [0, 0.05) is 10.5 Å². The predicted molar refractivity (Wildman–Crippen MR) is 124 cm³/mol. The highest BCUT2D eigenvalue weighted by molar-refractivity contribution is 8.77. The summed E-state index contributed by atoms with van der Waals surface area (Å²) < 4.78 is 57.9. The van der Waals surface area contributed by atoms with Crippen LogP contribution in [0, 0.1) is 0 Å². The van der Waals surface area contributed by atoms with Crippen LogP contribution in [0.4, 0.5) is 10.3 Å². The van der Waals surface area contributed by atoms with Crippen LogP contribution in [-0.4, -0.2) is 68.2 Å². The number of nitrogens with zero attached hydrogens (tertiary/aromatic N) is 4. The topological polar surface area (TPSA) is 133 Å². The number of fused-ring (bicyclic) bond motifs is 2. The van der Waals surface area contributed by atoms with Gasteiger partial charge in [0.05, 0.1) is 26.7 Å². The Hall–Kier alpha value is -1.15. The third-order valence-corrected chi connectivity index (χ3v) is 9.65. The van der Waals surface area contributed by atoms with Gasteiger partial charge < -0.3 is 15.2 Å². The SMILES string of the molecule is COc1nc(N)nc2c1ncn2[C@@H]1O[C@@H]2CO[P@@](=O)(OCCSSC(C)(C)C)O[C@H]2[C@@]1(C)F. The molecule has 184 valence electrons. The number of imidazole rings is 1. The van der Waals surface area contributed by atoms with E-state index < -0.39 is 31.9 Å². The normalized spacial score (nSPS) is 32.2. The van der Waals surface area contributed by atoms with Crippen molar-refractivity contribution in [2.45, 2.75) is 56.5 Å². The monoisotopic (exact) mass is 523 g/mol. The number of phosphoric ester groups is 1. The summed E-state index contributed by atoms with van der Waals surface area (Å²) in [6, 6.07) is 0. The molecule has 2 N–H and O–H groups in total. The van der Waals surface area contributed by atoms with Crippen molar-refractivity contribution in [3.8, 4) is 5.88 Å². The summed E-state index contributed by atoms with van der Waals surface area (Å²) in [6.07, 6.45) is -1.81. The van der Waals surface area contributed by atoms with Gasteiger partial charge in [-0.1, -0.05) is 42.4 Å². The van der Waals surface area contributed by atoms with Gasteiger partial charge in [-0.2, -0.15) is 9.97 Å². The second kappa shape index (κ2) is 9.14. The third kappa shape index (κ3) is 5.12. The zero-order valence-electron chi connectivity index (χ0n) is 18.9. The summed E-state index contributed by atoms with van der Waals surface area (Å²) in [4.78, 5) is 12.4. The van der Waals surface area contributed by atoms with Crippen LogP contribution < -0.4 is 10.5 Å². The number of hydrogen-bond donors (Lipinski definition) is 1. The highest BCUT2D eigenvalue weighted by Gasteiger charge is 2.61. The first-order valence-electron chi connectivity index (χ1n) is 10.2. The number of nitrogens with two attached hydrogens (primary N) is 1. The maximum atomic E-state index is 16.1. The maximum absolute atomic E-state index is 16.1. The molecule has 2 saturated heterocycles. The highest BCUT2D eigenvalue weighted by atomic mass is 33.1. The van der Waals surface area contributed by atoms with E-state index >= 15 is 4.39 Å². The summed E-state index contributed by atoms with van der Waals surface area (Å²) in [6.45, 7) is 7.59. The van der Waals surface area contributed by atoms with Gasteiger partial charge in [-0.25, -0.2) is 13.9 Å². The number of nitrogen functional groups attached to an aromatic ring is 1. The second-order valence-electron chi connectivity index (χ2n) is 8.71. The van der Waals surface area contributed by atoms with E-state index in [0.29, 0.717) is 11.3 Å². The van der Waals surface area contributed by atoms with E-state index in [4.69, 9.17) is 28.8 Å². The van der Waals surface area contributed by atoms with Gasteiger partial charge in [0.1, 0.15) is 12.2 Å². The fourth-order valence-corrected chi connectivity index (χ4v) is 7.22. The molecule has 4 rings (SSSR count). The van der Waals surface area contributed by atoms with Crippen molar-refractivity contribution in [2.75, 3.05) is 31.8 Å². The molecule has 0 amide bonds. The lowest BCUT2D eigenvalue weighted by Gasteiger charge is -2.33. The smallest absolute Gasteiger partial charge is 0.475 e. The molecule has 2 fully saturated rings. The number of alkyl halides is 1. The van der Waals surface area contributed by atoms with Gasteiger partial charge in [0.25, 0.3) is 0 Å². The molecule has 0 radical (unpaired) electrons. The minimum absolute atomic E-state index is 0.0583. The van der Waals surface area contributed by atoms with Gasteiger partial charge in [-0.15, -0.1) is 0 Å². The van der Waals surface area contributed by atoms with Gasteiger partial charge in [-0.3, -0.25) is 18.1 Å². The average molecular weight is 524 g/mol. The van der Waals surface area contributed by atoms with Crippen LogP contribution in [0.2, 0.25) is 0 Å². The minimum atomic E-state index is -3.95. The molecule has 4 heterocycles. The van der Waals surface area contributed by atoms with Crippen LogP contribution in [0.25, 0.3) is 11.2 Å². The van der Waals surface area contributed by atoms with Crippen LogP contribution in [0.15, 0.2) is 6.33 Å². The van der Waals surface area contributed by atoms with Crippen molar-refractivity contribution in [1.82, 2.24) is 19.5 Å². The van der Waals surface area contributed by atoms with Crippen LogP contribution in [0.5, 0.6) is 5.88 Å². The number of ether oxygens (including phenoxy) is 2. The minimum Gasteiger partial charge on any atom is -0.479 e. The van der Waals surface area contributed by atoms with Gasteiger partial charge in [0.15, 0.2) is 23.1 Å². The van der Waals surface area contributed by atoms with E-state index in [2.05, 4.69) is 35.7 Å². The Balaban J connectivity index is 1.48. The summed E-state index contributed by atoms with van der Waals surface area (Å²) in [5.41, 5.74) is 4.19. The molecule has 2 aliphatic rings. The zero-order valence-corrected chi connectivity index (χ0v) is 21.4. The molecule has 33 heavy (non-hydrogen) atoms. The summed E-state index contributed by atoms with van der Waals surface area (Å²) in [5, 5.41) is 0. The fourth-order valence-electron chi connectivity index (χ4n) is 3.53. The Labute approximate surface area is 198 Å². The van der Waals surface area contributed by atoms with Crippen molar-refractivity contribution in [3.63, 3.8) is 0 Å². The van der Waals surface area contributed by atoms with E-state index in [-0.39, 0.29) is 35.4 Å². The van der Waals surface area contributed by atoms with Crippen molar-refractivity contribution in [1.29, 1.82) is 0 Å². The number of phosphoric acid groups is 1. The first-order valence-corrected chi connectivity index (χ1v) is 14.0. The number of halogens is 1. The lowest BCUT2D eigenvalue weighted by Crippen LogP contribution is -2.44. The van der Waals surface area contributed by atoms with Crippen LogP contribution in [-0.2, 0) is 22.9 Å². The molecular formula is C18H27FN5O6PS2. The Kier molecular flexibility index (Phi) is 6.91. The largest absolute Gasteiger partial charge is 0.479 e. The summed E-state index contributed by atoms with van der Waals surface area (Å²) >= 11 is 0. The van der Waals surface area contributed by atoms with E-state index in [1.165, 1.54) is 24.9 Å². The molecule has 15 heteroatoms. The molecule has 0 aliphatic carbocycles. The summed E-state index contributed by atoms with van der Waals surface area (Å²) in [5.74, 6) is 0.673. The van der Waals surface area contributed by atoms with Crippen molar-refractivity contribution in [2.24, 2.45) is 0 Å². The lowest BCUT2D eigenvalue weighted by atomic mass is 9.98. The molecule has 0 unspecified atom stereocenters. The Morgan fingerprint density at radius 3 is 2.88 bits per heavy atom. The number of hydrogen-bond acceptors (Lipinski definition) is 12. The quantitative estimate of drug-likeness (QED) is 0.322. The van der Waals surface area contributed by atoms with Crippen molar-refractivity contribution >= 4 is 46.5 Å². The van der Waals surface area contributed by atoms with Gasteiger partial charge in [0.2, 0.25) is 11.8 Å². The molecule has 0 aromatic carbocycles. The van der Waals surface area contributed by atoms with Crippen LogP contribution in [0.3, 0.4) is 0 Å².